The maximum atomic E-state index is 14.3. The van der Waals surface area contributed by atoms with Crippen molar-refractivity contribution in [3.05, 3.63) is 53.8 Å². The van der Waals surface area contributed by atoms with Crippen LogP contribution >= 0.6 is 0 Å². The Morgan fingerprint density at radius 2 is 1.64 bits per heavy atom. The summed E-state index contributed by atoms with van der Waals surface area (Å²) in [5, 5.41) is 3.51. The lowest BCUT2D eigenvalue weighted by Crippen LogP contribution is -2.44. The van der Waals surface area contributed by atoms with Crippen LogP contribution in [0.15, 0.2) is 36.4 Å². The van der Waals surface area contributed by atoms with Crippen LogP contribution in [0.3, 0.4) is 0 Å². The highest BCUT2D eigenvalue weighted by Gasteiger charge is 2.21. The van der Waals surface area contributed by atoms with Crippen LogP contribution in [0.5, 0.6) is 0 Å². The number of anilines is 1. The van der Waals surface area contributed by atoms with Crippen LogP contribution in [0.1, 0.15) is 0 Å². The normalized spacial score (nSPS) is 14.9. The first kappa shape index (κ1) is 15.8. The van der Waals surface area contributed by atoms with Crippen molar-refractivity contribution in [2.45, 2.75) is 0 Å². The number of benzene rings is 2. The summed E-state index contributed by atoms with van der Waals surface area (Å²) in [6.45, 7) is 2.92. The Morgan fingerprint density at radius 3 is 2.36 bits per heavy atom. The number of nitrogens with one attached hydrogen (secondary N) is 1. The second kappa shape index (κ2) is 6.33. The third kappa shape index (κ3) is 2.91. The van der Waals surface area contributed by atoms with E-state index < -0.39 is 17.5 Å². The molecule has 1 aliphatic rings. The van der Waals surface area contributed by atoms with Gasteiger partial charge < -0.3 is 10.2 Å². The summed E-state index contributed by atoms with van der Waals surface area (Å²) in [7, 11) is 0. The van der Waals surface area contributed by atoms with Gasteiger partial charge in [0.15, 0.2) is 0 Å². The molecule has 1 aromatic heterocycles. The quantitative estimate of drug-likeness (QED) is 0.776. The van der Waals surface area contributed by atoms with E-state index in [0.717, 1.165) is 25.2 Å². The van der Waals surface area contributed by atoms with Gasteiger partial charge in [0.05, 0.1) is 16.8 Å². The summed E-state index contributed by atoms with van der Waals surface area (Å²) in [4.78, 5) is 10.8. The van der Waals surface area contributed by atoms with Gasteiger partial charge in [-0.25, -0.2) is 23.1 Å². The number of piperazine rings is 1. The van der Waals surface area contributed by atoms with Gasteiger partial charge in [0.25, 0.3) is 0 Å². The standard InChI is InChI=1S/C18H15F3N4/c19-11-4-5-15-12(10-11)17(16-13(20)2-1-3-14(16)21)24-18(23-15)25-8-6-22-7-9-25/h1-5,10,22H,6-9H2. The van der Waals surface area contributed by atoms with E-state index in [9.17, 15) is 13.2 Å². The number of fused-ring (bicyclic) bond motifs is 1. The molecule has 0 bridgehead atoms. The number of aromatic nitrogens is 2. The Morgan fingerprint density at radius 1 is 0.920 bits per heavy atom. The Bertz CT molecular complexity index is 919. The first-order valence-corrected chi connectivity index (χ1v) is 8.01. The van der Waals surface area contributed by atoms with Crippen molar-refractivity contribution in [3.63, 3.8) is 0 Å². The first-order valence-electron chi connectivity index (χ1n) is 8.01. The highest BCUT2D eigenvalue weighted by Crippen LogP contribution is 2.32. The van der Waals surface area contributed by atoms with Crippen LogP contribution in [0.25, 0.3) is 22.2 Å². The van der Waals surface area contributed by atoms with Crippen molar-refractivity contribution in [1.29, 1.82) is 0 Å². The van der Waals surface area contributed by atoms with Crippen LogP contribution in [-0.2, 0) is 0 Å². The van der Waals surface area contributed by atoms with Crippen molar-refractivity contribution >= 4 is 16.9 Å². The first-order chi connectivity index (χ1) is 12.1. The molecule has 1 fully saturated rings. The molecule has 3 aromatic rings. The highest BCUT2D eigenvalue weighted by molar-refractivity contribution is 5.93. The van der Waals surface area contributed by atoms with Gasteiger partial charge in [0.1, 0.15) is 17.5 Å². The third-order valence-corrected chi connectivity index (χ3v) is 4.25. The smallest absolute Gasteiger partial charge is 0.226 e. The van der Waals surface area contributed by atoms with Crippen LogP contribution in [0, 0.1) is 17.5 Å². The Hall–Kier alpha value is -2.67. The minimum Gasteiger partial charge on any atom is -0.338 e. The summed E-state index contributed by atoms with van der Waals surface area (Å²) in [6.07, 6.45) is 0. The third-order valence-electron chi connectivity index (χ3n) is 4.25. The van der Waals surface area contributed by atoms with E-state index in [0.29, 0.717) is 24.6 Å². The van der Waals surface area contributed by atoms with Gasteiger partial charge >= 0.3 is 0 Å². The van der Waals surface area contributed by atoms with E-state index in [2.05, 4.69) is 15.3 Å². The van der Waals surface area contributed by atoms with Crippen LogP contribution in [-0.4, -0.2) is 36.1 Å². The van der Waals surface area contributed by atoms with Gasteiger partial charge in [-0.3, -0.25) is 0 Å². The minimum atomic E-state index is -0.740. The zero-order valence-corrected chi connectivity index (χ0v) is 13.3. The molecule has 0 atom stereocenters. The van der Waals surface area contributed by atoms with E-state index >= 15 is 0 Å². The van der Waals surface area contributed by atoms with Crippen molar-refractivity contribution in [1.82, 2.24) is 15.3 Å². The summed E-state index contributed by atoms with van der Waals surface area (Å²) in [5.41, 5.74) is 0.244. The monoisotopic (exact) mass is 344 g/mol. The summed E-state index contributed by atoms with van der Waals surface area (Å²) in [5.74, 6) is -1.60. The molecule has 0 radical (unpaired) electrons. The molecule has 1 saturated heterocycles. The zero-order chi connectivity index (χ0) is 17.4. The Kier molecular flexibility index (Phi) is 4.01. The summed E-state index contributed by atoms with van der Waals surface area (Å²) >= 11 is 0. The average Bonchev–Trinajstić information content (AvgIpc) is 2.62. The second-order valence-corrected chi connectivity index (χ2v) is 5.87. The van der Waals surface area contributed by atoms with E-state index in [1.54, 1.807) is 0 Å². The molecule has 0 unspecified atom stereocenters. The van der Waals surface area contributed by atoms with E-state index in [1.807, 2.05) is 4.90 Å². The molecule has 0 aliphatic carbocycles. The number of nitrogens with zero attached hydrogens (tertiary/aromatic N) is 3. The van der Waals surface area contributed by atoms with Crippen molar-refractivity contribution in [2.75, 3.05) is 31.1 Å². The van der Waals surface area contributed by atoms with Gasteiger partial charge in [0, 0.05) is 31.6 Å². The van der Waals surface area contributed by atoms with Crippen LogP contribution in [0.4, 0.5) is 19.1 Å². The molecular formula is C18H15F3N4. The molecule has 0 amide bonds. The largest absolute Gasteiger partial charge is 0.338 e. The highest BCUT2D eigenvalue weighted by atomic mass is 19.1. The Balaban J connectivity index is 1.98. The van der Waals surface area contributed by atoms with Gasteiger partial charge in [0.2, 0.25) is 5.95 Å². The molecule has 7 heteroatoms. The molecule has 2 aromatic carbocycles. The van der Waals surface area contributed by atoms with Gasteiger partial charge in [-0.15, -0.1) is 0 Å². The van der Waals surface area contributed by atoms with Crippen LogP contribution in [0.2, 0.25) is 0 Å². The lowest BCUT2D eigenvalue weighted by molar-refractivity contribution is 0.579. The molecule has 1 aliphatic heterocycles. The minimum absolute atomic E-state index is 0.0635. The molecule has 25 heavy (non-hydrogen) atoms. The van der Waals surface area contributed by atoms with Crippen LogP contribution < -0.4 is 10.2 Å². The predicted octanol–water partition coefficient (Wildman–Crippen LogP) is 3.12. The Labute approximate surface area is 142 Å². The summed E-state index contributed by atoms with van der Waals surface area (Å²) < 4.78 is 42.4. The number of rotatable bonds is 2. The molecule has 1 N–H and O–H groups in total. The summed E-state index contributed by atoms with van der Waals surface area (Å²) in [6, 6.07) is 7.60. The van der Waals surface area contributed by atoms with Crippen molar-refractivity contribution in [3.8, 4) is 11.3 Å². The molecule has 2 heterocycles. The fourth-order valence-corrected chi connectivity index (χ4v) is 3.01. The molecule has 4 nitrogen and oxygen atoms in total. The second-order valence-electron chi connectivity index (χ2n) is 5.87. The molecule has 4 rings (SSSR count). The number of halogens is 3. The number of hydrogen-bond acceptors (Lipinski definition) is 4. The zero-order valence-electron chi connectivity index (χ0n) is 13.3. The van der Waals surface area contributed by atoms with Gasteiger partial charge in [-0.1, -0.05) is 6.07 Å². The molecule has 0 spiro atoms. The van der Waals surface area contributed by atoms with Gasteiger partial charge in [-0.2, -0.15) is 0 Å². The maximum absolute atomic E-state index is 14.3. The number of hydrogen-bond donors (Lipinski definition) is 1. The SMILES string of the molecule is Fc1ccc2nc(N3CCNCC3)nc(-c3c(F)cccc3F)c2c1. The van der Waals surface area contributed by atoms with Crippen molar-refractivity contribution < 1.29 is 13.2 Å². The fraction of sp³-hybridized carbons (Fsp3) is 0.222. The van der Waals surface area contributed by atoms with E-state index in [4.69, 9.17) is 0 Å². The molecule has 128 valence electrons. The topological polar surface area (TPSA) is 41.1 Å². The fourth-order valence-electron chi connectivity index (χ4n) is 3.01. The van der Waals surface area contributed by atoms with Crippen molar-refractivity contribution in [2.24, 2.45) is 0 Å². The van der Waals surface area contributed by atoms with Gasteiger partial charge in [-0.05, 0) is 30.3 Å². The predicted molar refractivity (Wildman–Crippen MR) is 89.9 cm³/mol. The average molecular weight is 344 g/mol. The lowest BCUT2D eigenvalue weighted by atomic mass is 10.1. The maximum Gasteiger partial charge on any atom is 0.226 e. The molecule has 0 saturated carbocycles. The lowest BCUT2D eigenvalue weighted by Gasteiger charge is -2.28. The van der Waals surface area contributed by atoms with E-state index in [1.165, 1.54) is 24.3 Å². The molecular weight excluding hydrogens is 329 g/mol. The van der Waals surface area contributed by atoms with E-state index in [-0.39, 0.29) is 16.6 Å².